The number of hydrogen-bond acceptors (Lipinski definition) is 7. The van der Waals surface area contributed by atoms with E-state index in [1.165, 1.54) is 0 Å². The molecule has 1 aliphatic heterocycles. The van der Waals surface area contributed by atoms with E-state index in [1.54, 1.807) is 0 Å². The van der Waals surface area contributed by atoms with Crippen molar-refractivity contribution in [2.75, 3.05) is 31.1 Å². The summed E-state index contributed by atoms with van der Waals surface area (Å²) in [5, 5.41) is 15.4. The van der Waals surface area contributed by atoms with Crippen LogP contribution >= 0.6 is 0 Å². The van der Waals surface area contributed by atoms with Crippen LogP contribution < -0.4 is 10.2 Å². The molecule has 1 fully saturated rings. The molecule has 1 saturated heterocycles. The number of ether oxygens (including phenoxy) is 1. The number of nitriles is 1. The summed E-state index contributed by atoms with van der Waals surface area (Å²) in [7, 11) is 0. The van der Waals surface area contributed by atoms with Gasteiger partial charge in [-0.15, -0.1) is 0 Å². The number of fused-ring (bicyclic) bond motifs is 2. The third-order valence-electron chi connectivity index (χ3n) is 5.83. The Bertz CT molecular complexity index is 1360. The summed E-state index contributed by atoms with van der Waals surface area (Å²) in [5.41, 5.74) is 2.59. The van der Waals surface area contributed by atoms with Gasteiger partial charge in [0.1, 0.15) is 12.3 Å². The van der Waals surface area contributed by atoms with E-state index in [4.69, 9.17) is 14.7 Å². The first-order chi connectivity index (χ1) is 16.2. The molecule has 0 saturated carbocycles. The molecule has 5 rings (SSSR count). The van der Waals surface area contributed by atoms with Gasteiger partial charge >= 0.3 is 5.97 Å². The van der Waals surface area contributed by atoms with Gasteiger partial charge in [0.2, 0.25) is 0 Å². The molecule has 0 spiro atoms. The Morgan fingerprint density at radius 3 is 2.45 bits per heavy atom. The fourth-order valence-corrected chi connectivity index (χ4v) is 4.10. The fraction of sp³-hybridized carbons (Fsp3) is 0.231. The standard InChI is InChI=1S/C26H23N5O2/c27-16-21(26(32)33-17-18-9-10-19-5-1-2-6-20(19)15-18)24-25(31-13-11-28-12-14-31)30-23-8-4-3-7-22(23)29-24/h1-10,15,21,28H,11-14,17H2. The molecule has 1 aliphatic rings. The van der Waals surface area contributed by atoms with E-state index in [1.807, 2.05) is 66.7 Å². The maximum absolute atomic E-state index is 13.0. The number of nitrogens with one attached hydrogen (secondary N) is 1. The van der Waals surface area contributed by atoms with E-state index in [0.29, 0.717) is 17.0 Å². The second kappa shape index (κ2) is 9.23. The van der Waals surface area contributed by atoms with Crippen molar-refractivity contribution in [2.24, 2.45) is 0 Å². The van der Waals surface area contributed by atoms with E-state index < -0.39 is 11.9 Å². The summed E-state index contributed by atoms with van der Waals surface area (Å²) in [6, 6.07) is 23.5. The van der Waals surface area contributed by atoms with Gasteiger partial charge in [0, 0.05) is 26.2 Å². The summed E-state index contributed by atoms with van der Waals surface area (Å²) in [4.78, 5) is 24.6. The summed E-state index contributed by atoms with van der Waals surface area (Å²) < 4.78 is 5.58. The van der Waals surface area contributed by atoms with Crippen LogP contribution in [0.4, 0.5) is 5.82 Å². The van der Waals surface area contributed by atoms with E-state index in [9.17, 15) is 10.1 Å². The summed E-state index contributed by atoms with van der Waals surface area (Å²) >= 11 is 0. The minimum Gasteiger partial charge on any atom is -0.460 e. The van der Waals surface area contributed by atoms with Crippen LogP contribution in [0.25, 0.3) is 21.8 Å². The first-order valence-corrected chi connectivity index (χ1v) is 11.0. The molecule has 4 aromatic rings. The fourth-order valence-electron chi connectivity index (χ4n) is 4.10. The highest BCUT2D eigenvalue weighted by molar-refractivity contribution is 5.86. The molecule has 0 bridgehead atoms. The Kier molecular flexibility index (Phi) is 5.83. The van der Waals surface area contributed by atoms with Crippen LogP contribution in [-0.2, 0) is 16.1 Å². The lowest BCUT2D eigenvalue weighted by atomic mass is 10.1. The quantitative estimate of drug-likeness (QED) is 0.478. The van der Waals surface area contributed by atoms with Crippen molar-refractivity contribution in [3.8, 4) is 6.07 Å². The number of para-hydroxylation sites is 2. The molecule has 2 heterocycles. The molecule has 33 heavy (non-hydrogen) atoms. The molecule has 1 atom stereocenters. The normalized spacial score (nSPS) is 14.7. The lowest BCUT2D eigenvalue weighted by Gasteiger charge is -2.30. The SMILES string of the molecule is N#CC(C(=O)OCc1ccc2ccccc2c1)c1nc2ccccc2nc1N1CCNCC1. The molecule has 1 unspecified atom stereocenters. The number of carbonyl (C=O) groups is 1. The van der Waals surface area contributed by atoms with Gasteiger partial charge < -0.3 is 15.0 Å². The molecule has 0 aliphatic carbocycles. The second-order valence-corrected chi connectivity index (χ2v) is 8.01. The number of esters is 1. The maximum atomic E-state index is 13.0. The number of nitrogens with zero attached hydrogens (tertiary/aromatic N) is 4. The molecular weight excluding hydrogens is 414 g/mol. The van der Waals surface area contributed by atoms with Gasteiger partial charge in [-0.1, -0.05) is 48.5 Å². The minimum absolute atomic E-state index is 0.0891. The molecule has 7 heteroatoms. The number of carbonyl (C=O) groups excluding carboxylic acids is 1. The maximum Gasteiger partial charge on any atom is 0.330 e. The Morgan fingerprint density at radius 2 is 1.70 bits per heavy atom. The van der Waals surface area contributed by atoms with Gasteiger partial charge in [0.25, 0.3) is 0 Å². The van der Waals surface area contributed by atoms with Gasteiger partial charge in [0.15, 0.2) is 11.7 Å². The average molecular weight is 438 g/mol. The predicted octanol–water partition coefficient (Wildman–Crippen LogP) is 3.54. The Hall–Kier alpha value is -4.02. The lowest BCUT2D eigenvalue weighted by molar-refractivity contribution is -0.145. The van der Waals surface area contributed by atoms with Gasteiger partial charge in [-0.2, -0.15) is 5.26 Å². The number of anilines is 1. The number of benzene rings is 3. The smallest absolute Gasteiger partial charge is 0.330 e. The number of piperazine rings is 1. The highest BCUT2D eigenvalue weighted by Crippen LogP contribution is 2.28. The Morgan fingerprint density at radius 1 is 1.00 bits per heavy atom. The van der Waals surface area contributed by atoms with Crippen molar-refractivity contribution in [1.29, 1.82) is 5.26 Å². The van der Waals surface area contributed by atoms with E-state index in [-0.39, 0.29) is 6.61 Å². The highest BCUT2D eigenvalue weighted by Gasteiger charge is 2.30. The zero-order valence-corrected chi connectivity index (χ0v) is 18.1. The molecular formula is C26H23N5O2. The van der Waals surface area contributed by atoms with Crippen LogP contribution in [0.2, 0.25) is 0 Å². The van der Waals surface area contributed by atoms with Gasteiger partial charge in [-0.25, -0.2) is 9.97 Å². The third kappa shape index (κ3) is 4.34. The van der Waals surface area contributed by atoms with E-state index >= 15 is 0 Å². The molecule has 7 nitrogen and oxygen atoms in total. The Balaban J connectivity index is 1.43. The van der Waals surface area contributed by atoms with Crippen LogP contribution in [-0.4, -0.2) is 42.1 Å². The topological polar surface area (TPSA) is 91.1 Å². The van der Waals surface area contributed by atoms with Crippen LogP contribution in [0, 0.1) is 11.3 Å². The molecule has 3 aromatic carbocycles. The number of rotatable bonds is 5. The average Bonchev–Trinajstić information content (AvgIpc) is 2.88. The van der Waals surface area contributed by atoms with Gasteiger partial charge in [-0.05, 0) is 34.5 Å². The Labute approximate surface area is 191 Å². The number of aromatic nitrogens is 2. The highest BCUT2D eigenvalue weighted by atomic mass is 16.5. The van der Waals surface area contributed by atoms with E-state index in [2.05, 4.69) is 16.3 Å². The molecule has 1 N–H and O–H groups in total. The van der Waals surface area contributed by atoms with E-state index in [0.717, 1.165) is 48.0 Å². The molecule has 164 valence electrons. The predicted molar refractivity (Wildman–Crippen MR) is 127 cm³/mol. The molecule has 1 aromatic heterocycles. The first-order valence-electron chi connectivity index (χ1n) is 11.0. The van der Waals surface area contributed by atoms with Crippen molar-refractivity contribution >= 4 is 33.6 Å². The van der Waals surface area contributed by atoms with Crippen LogP contribution in [0.5, 0.6) is 0 Å². The van der Waals surface area contributed by atoms with Crippen molar-refractivity contribution in [3.05, 3.63) is 78.0 Å². The van der Waals surface area contributed by atoms with Gasteiger partial charge in [0.05, 0.1) is 17.1 Å². The molecule has 0 amide bonds. The largest absolute Gasteiger partial charge is 0.460 e. The minimum atomic E-state index is -1.16. The van der Waals surface area contributed by atoms with Gasteiger partial charge in [-0.3, -0.25) is 4.79 Å². The van der Waals surface area contributed by atoms with Crippen molar-refractivity contribution in [3.63, 3.8) is 0 Å². The zero-order valence-electron chi connectivity index (χ0n) is 18.1. The lowest BCUT2D eigenvalue weighted by Crippen LogP contribution is -2.44. The second-order valence-electron chi connectivity index (χ2n) is 8.01. The molecule has 0 radical (unpaired) electrons. The third-order valence-corrected chi connectivity index (χ3v) is 5.83. The summed E-state index contributed by atoms with van der Waals surface area (Å²) in [6.45, 7) is 3.15. The first kappa shape index (κ1) is 20.9. The van der Waals surface area contributed by atoms with Crippen LogP contribution in [0.15, 0.2) is 66.7 Å². The zero-order chi connectivity index (χ0) is 22.6. The number of hydrogen-bond donors (Lipinski definition) is 1. The summed E-state index contributed by atoms with van der Waals surface area (Å²) in [6.07, 6.45) is 0. The van der Waals surface area contributed by atoms with Crippen molar-refractivity contribution in [1.82, 2.24) is 15.3 Å². The van der Waals surface area contributed by atoms with Crippen molar-refractivity contribution in [2.45, 2.75) is 12.5 Å². The van der Waals surface area contributed by atoms with Crippen molar-refractivity contribution < 1.29 is 9.53 Å². The van der Waals surface area contributed by atoms with Crippen LogP contribution in [0.1, 0.15) is 17.2 Å². The summed E-state index contributed by atoms with van der Waals surface area (Å²) in [5.74, 6) is -1.21. The van der Waals surface area contributed by atoms with Crippen LogP contribution in [0.3, 0.4) is 0 Å². The monoisotopic (exact) mass is 437 g/mol.